The first-order valence-corrected chi connectivity index (χ1v) is 10.5. The van der Waals surface area contributed by atoms with Gasteiger partial charge >= 0.3 is 5.97 Å². The summed E-state index contributed by atoms with van der Waals surface area (Å²) in [6, 6.07) is 8.12. The van der Waals surface area contributed by atoms with Gasteiger partial charge in [0, 0.05) is 41.8 Å². The molecule has 0 amide bonds. The summed E-state index contributed by atoms with van der Waals surface area (Å²) in [5.41, 5.74) is 8.88. The van der Waals surface area contributed by atoms with Gasteiger partial charge < -0.3 is 9.30 Å². The molecule has 3 rings (SSSR count). The Kier molecular flexibility index (Phi) is 6.48. The van der Waals surface area contributed by atoms with Gasteiger partial charge in [-0.15, -0.1) is 0 Å². The van der Waals surface area contributed by atoms with Crippen LogP contribution in [0.2, 0.25) is 0 Å². The van der Waals surface area contributed by atoms with Crippen molar-refractivity contribution in [1.29, 1.82) is 0 Å². The molecule has 2 aromatic heterocycles. The fourth-order valence-corrected chi connectivity index (χ4v) is 4.01. The molecule has 0 fully saturated rings. The van der Waals surface area contributed by atoms with Crippen molar-refractivity contribution in [2.45, 2.75) is 54.4 Å². The Morgan fingerprint density at radius 2 is 1.68 bits per heavy atom. The summed E-state index contributed by atoms with van der Waals surface area (Å²) >= 11 is 0. The summed E-state index contributed by atoms with van der Waals surface area (Å²) in [6.45, 7) is 11.7. The van der Waals surface area contributed by atoms with Crippen molar-refractivity contribution in [2.24, 2.45) is 7.05 Å². The van der Waals surface area contributed by atoms with Crippen LogP contribution in [0.4, 0.5) is 0 Å². The van der Waals surface area contributed by atoms with Crippen LogP contribution in [0.25, 0.3) is 5.69 Å². The van der Waals surface area contributed by atoms with Crippen LogP contribution in [0.3, 0.4) is 0 Å². The number of benzene rings is 1. The van der Waals surface area contributed by atoms with E-state index in [4.69, 9.17) is 4.74 Å². The molecule has 1 aromatic carbocycles. The Morgan fingerprint density at radius 1 is 0.968 bits per heavy atom. The number of rotatable bonds is 7. The number of Topliss-reactive ketones (excluding diaryl/α,β-unsaturated/α-hetero) is 1. The molecule has 0 spiro atoms. The molecule has 31 heavy (non-hydrogen) atoms. The highest BCUT2D eigenvalue weighted by atomic mass is 16.5. The summed E-state index contributed by atoms with van der Waals surface area (Å²) in [7, 11) is 1.89. The molecule has 6 heteroatoms. The molecule has 0 saturated heterocycles. The molecule has 0 radical (unpaired) electrons. The molecule has 0 atom stereocenters. The average Bonchev–Trinajstić information content (AvgIpc) is 3.14. The number of ketones is 1. The molecular weight excluding hydrogens is 390 g/mol. The number of ether oxygens (including phenoxy) is 1. The van der Waals surface area contributed by atoms with Crippen LogP contribution in [0, 0.1) is 41.5 Å². The van der Waals surface area contributed by atoms with Gasteiger partial charge in [-0.3, -0.25) is 14.3 Å². The molecule has 6 nitrogen and oxygen atoms in total. The zero-order chi connectivity index (χ0) is 22.9. The number of carbonyl (C=O) groups excluding carboxylic acids is 2. The Morgan fingerprint density at radius 3 is 2.29 bits per heavy atom. The molecule has 0 aliphatic carbocycles. The SMILES string of the molecule is Cc1ccc(-n2c(C)cc(C(=O)COC(=O)CCc3c(C)nn(C)c3C)c2C)cc1C. The van der Waals surface area contributed by atoms with Gasteiger partial charge in [-0.25, -0.2) is 0 Å². The predicted molar refractivity (Wildman–Crippen MR) is 121 cm³/mol. The summed E-state index contributed by atoms with van der Waals surface area (Å²) in [4.78, 5) is 25.0. The zero-order valence-electron chi connectivity index (χ0n) is 19.5. The van der Waals surface area contributed by atoms with E-state index in [2.05, 4.69) is 41.7 Å². The molecule has 2 heterocycles. The van der Waals surface area contributed by atoms with E-state index in [9.17, 15) is 9.59 Å². The molecular formula is C25H31N3O3. The molecule has 0 unspecified atom stereocenters. The third-order valence-electron chi connectivity index (χ3n) is 6.08. The van der Waals surface area contributed by atoms with Crippen molar-refractivity contribution in [3.05, 3.63) is 69.3 Å². The van der Waals surface area contributed by atoms with Gasteiger partial charge in [-0.05, 0) is 82.9 Å². The zero-order valence-corrected chi connectivity index (χ0v) is 19.5. The quantitative estimate of drug-likeness (QED) is 0.418. The van der Waals surface area contributed by atoms with Crippen LogP contribution in [-0.4, -0.2) is 32.7 Å². The predicted octanol–water partition coefficient (Wildman–Crippen LogP) is 4.42. The van der Waals surface area contributed by atoms with Crippen molar-refractivity contribution in [3.8, 4) is 5.69 Å². The van der Waals surface area contributed by atoms with Gasteiger partial charge in [0.25, 0.3) is 0 Å². The topological polar surface area (TPSA) is 66.1 Å². The fourth-order valence-electron chi connectivity index (χ4n) is 4.01. The third kappa shape index (κ3) is 4.63. The number of hydrogen-bond donors (Lipinski definition) is 0. The van der Waals surface area contributed by atoms with Crippen molar-refractivity contribution in [3.63, 3.8) is 0 Å². The van der Waals surface area contributed by atoms with E-state index in [0.29, 0.717) is 12.0 Å². The monoisotopic (exact) mass is 421 g/mol. The number of aryl methyl sites for hydroxylation is 5. The highest BCUT2D eigenvalue weighted by molar-refractivity contribution is 5.99. The number of esters is 1. The van der Waals surface area contributed by atoms with E-state index in [1.807, 2.05) is 45.5 Å². The summed E-state index contributed by atoms with van der Waals surface area (Å²) in [5, 5.41) is 4.37. The second-order valence-corrected chi connectivity index (χ2v) is 8.25. The minimum atomic E-state index is -0.376. The first-order chi connectivity index (χ1) is 14.6. The van der Waals surface area contributed by atoms with Crippen LogP contribution in [0.1, 0.15) is 56.2 Å². The number of carbonyl (C=O) groups is 2. The minimum absolute atomic E-state index is 0.190. The van der Waals surface area contributed by atoms with Gasteiger partial charge in [0.15, 0.2) is 6.61 Å². The Balaban J connectivity index is 1.65. The number of aromatic nitrogens is 3. The van der Waals surface area contributed by atoms with Gasteiger partial charge in [0.1, 0.15) is 0 Å². The highest BCUT2D eigenvalue weighted by Gasteiger charge is 2.19. The maximum absolute atomic E-state index is 12.8. The first-order valence-electron chi connectivity index (χ1n) is 10.5. The van der Waals surface area contributed by atoms with Gasteiger partial charge in [0.2, 0.25) is 5.78 Å². The Bertz CT molecular complexity index is 1150. The third-order valence-corrected chi connectivity index (χ3v) is 6.08. The maximum Gasteiger partial charge on any atom is 0.306 e. The fraction of sp³-hybridized carbons (Fsp3) is 0.400. The van der Waals surface area contributed by atoms with E-state index in [-0.39, 0.29) is 24.8 Å². The largest absolute Gasteiger partial charge is 0.457 e. The van der Waals surface area contributed by atoms with Gasteiger partial charge in [0.05, 0.1) is 5.69 Å². The Hall–Kier alpha value is -3.15. The molecule has 0 aliphatic rings. The minimum Gasteiger partial charge on any atom is -0.457 e. The van der Waals surface area contributed by atoms with E-state index in [1.165, 1.54) is 11.1 Å². The van der Waals surface area contributed by atoms with E-state index < -0.39 is 0 Å². The second kappa shape index (κ2) is 8.92. The van der Waals surface area contributed by atoms with E-state index in [0.717, 1.165) is 34.0 Å². The van der Waals surface area contributed by atoms with Crippen molar-refractivity contribution >= 4 is 11.8 Å². The molecule has 0 bridgehead atoms. The second-order valence-electron chi connectivity index (χ2n) is 8.25. The number of hydrogen-bond acceptors (Lipinski definition) is 4. The normalized spacial score (nSPS) is 11.1. The van der Waals surface area contributed by atoms with Crippen molar-refractivity contribution in [1.82, 2.24) is 14.3 Å². The Labute approximate surface area is 183 Å². The van der Waals surface area contributed by atoms with Crippen LogP contribution >= 0.6 is 0 Å². The standard InChI is InChI=1S/C25H31N3O3/c1-15-8-9-21(12-16(15)2)28-17(3)13-23(20(28)6)24(29)14-31-25(30)11-10-22-18(4)26-27(7)19(22)5/h8-9,12-13H,10-11,14H2,1-7H3. The molecule has 164 valence electrons. The number of nitrogens with zero attached hydrogens (tertiary/aromatic N) is 3. The molecule has 0 N–H and O–H groups in total. The maximum atomic E-state index is 12.8. The lowest BCUT2D eigenvalue weighted by Crippen LogP contribution is -2.15. The lowest BCUT2D eigenvalue weighted by atomic mass is 10.1. The first kappa shape index (κ1) is 22.5. The lowest BCUT2D eigenvalue weighted by molar-refractivity contribution is -0.142. The smallest absolute Gasteiger partial charge is 0.306 e. The van der Waals surface area contributed by atoms with E-state index in [1.54, 1.807) is 0 Å². The summed E-state index contributed by atoms with van der Waals surface area (Å²) in [5.74, 6) is -0.566. The molecule has 0 saturated carbocycles. The summed E-state index contributed by atoms with van der Waals surface area (Å²) in [6.07, 6.45) is 0.780. The van der Waals surface area contributed by atoms with Crippen LogP contribution < -0.4 is 0 Å². The van der Waals surface area contributed by atoms with Crippen LogP contribution in [0.5, 0.6) is 0 Å². The van der Waals surface area contributed by atoms with Gasteiger partial charge in [-0.2, -0.15) is 5.10 Å². The molecule has 3 aromatic rings. The van der Waals surface area contributed by atoms with Crippen molar-refractivity contribution < 1.29 is 14.3 Å². The van der Waals surface area contributed by atoms with E-state index >= 15 is 0 Å². The lowest BCUT2D eigenvalue weighted by Gasteiger charge is -2.12. The summed E-state index contributed by atoms with van der Waals surface area (Å²) < 4.78 is 9.16. The van der Waals surface area contributed by atoms with Crippen molar-refractivity contribution in [2.75, 3.05) is 6.61 Å². The van der Waals surface area contributed by atoms with Crippen LogP contribution in [0.15, 0.2) is 24.3 Å². The highest BCUT2D eigenvalue weighted by Crippen LogP contribution is 2.23. The van der Waals surface area contributed by atoms with Gasteiger partial charge in [-0.1, -0.05) is 6.07 Å². The average molecular weight is 422 g/mol. The molecule has 0 aliphatic heterocycles. The van der Waals surface area contributed by atoms with Crippen LogP contribution in [-0.2, 0) is 23.0 Å².